The molecule has 0 spiro atoms. The van der Waals surface area contributed by atoms with Crippen LogP contribution in [0.25, 0.3) is 10.9 Å². The van der Waals surface area contributed by atoms with Gasteiger partial charge >= 0.3 is 5.63 Å². The lowest BCUT2D eigenvalue weighted by atomic mass is 10.2. The average molecular weight is 200 g/mol. The fraction of sp³-hybridized carbons (Fsp3) is 0.0909. The van der Waals surface area contributed by atoms with E-state index in [0.717, 1.165) is 0 Å². The Bertz CT molecular complexity index is 581. The van der Waals surface area contributed by atoms with E-state index in [9.17, 15) is 4.79 Å². The number of hydrogen-bond donors (Lipinski definition) is 1. The van der Waals surface area contributed by atoms with Gasteiger partial charge in [-0.2, -0.15) is 4.98 Å². The van der Waals surface area contributed by atoms with E-state index in [2.05, 4.69) is 16.2 Å². The van der Waals surface area contributed by atoms with Crippen LogP contribution in [0.4, 0.5) is 6.01 Å². The molecule has 0 radical (unpaired) electrons. The molecule has 1 aromatic heterocycles. The van der Waals surface area contributed by atoms with Gasteiger partial charge in [-0.05, 0) is 12.1 Å². The van der Waals surface area contributed by atoms with Crippen molar-refractivity contribution in [3.8, 4) is 12.3 Å². The van der Waals surface area contributed by atoms with E-state index in [0.29, 0.717) is 10.9 Å². The molecule has 0 saturated heterocycles. The number of benzene rings is 1. The number of nitrogens with one attached hydrogen (secondary N) is 1. The second kappa shape index (κ2) is 3.84. The maximum absolute atomic E-state index is 11.5. The third kappa shape index (κ3) is 1.81. The Labute approximate surface area is 85.9 Å². The summed E-state index contributed by atoms with van der Waals surface area (Å²) in [5, 5.41) is 3.18. The Morgan fingerprint density at radius 2 is 2.27 bits per heavy atom. The van der Waals surface area contributed by atoms with Gasteiger partial charge in [-0.25, -0.2) is 4.79 Å². The Balaban J connectivity index is 2.54. The predicted molar refractivity (Wildman–Crippen MR) is 57.6 cm³/mol. The first-order chi connectivity index (χ1) is 7.31. The van der Waals surface area contributed by atoms with Gasteiger partial charge in [-0.3, -0.25) is 0 Å². The molecule has 74 valence electrons. The number of para-hydroxylation sites is 1. The summed E-state index contributed by atoms with van der Waals surface area (Å²) in [4.78, 5) is 15.6. The lowest BCUT2D eigenvalue weighted by Gasteiger charge is -2.00. The number of aromatic nitrogens is 1. The molecule has 0 aliphatic heterocycles. The van der Waals surface area contributed by atoms with Gasteiger partial charge in [0.2, 0.25) is 0 Å². The van der Waals surface area contributed by atoms with Crippen LogP contribution in [0.2, 0.25) is 0 Å². The number of rotatable bonds is 2. The summed E-state index contributed by atoms with van der Waals surface area (Å²) in [7, 11) is 0. The largest absolute Gasteiger partial charge is 0.389 e. The van der Waals surface area contributed by atoms with E-state index in [-0.39, 0.29) is 12.6 Å². The summed E-state index contributed by atoms with van der Waals surface area (Å²) >= 11 is 0. The molecular formula is C11H8N2O2. The number of nitrogens with zero attached hydrogens (tertiary/aromatic N) is 1. The molecule has 1 N–H and O–H groups in total. The lowest BCUT2D eigenvalue weighted by molar-refractivity contribution is 0.518. The summed E-state index contributed by atoms with van der Waals surface area (Å²) in [5.74, 6) is 2.37. The third-order valence-electron chi connectivity index (χ3n) is 1.88. The highest BCUT2D eigenvalue weighted by molar-refractivity contribution is 5.77. The van der Waals surface area contributed by atoms with Gasteiger partial charge in [0.25, 0.3) is 6.01 Å². The highest BCUT2D eigenvalue weighted by atomic mass is 16.4. The Kier molecular flexibility index (Phi) is 2.38. The highest BCUT2D eigenvalue weighted by Crippen LogP contribution is 2.09. The van der Waals surface area contributed by atoms with Crippen molar-refractivity contribution >= 4 is 16.9 Å². The summed E-state index contributed by atoms with van der Waals surface area (Å²) in [6.07, 6.45) is 5.07. The van der Waals surface area contributed by atoms with Crippen LogP contribution in [0.1, 0.15) is 0 Å². The molecule has 0 unspecified atom stereocenters. The zero-order valence-corrected chi connectivity index (χ0v) is 7.86. The maximum atomic E-state index is 11.5. The van der Waals surface area contributed by atoms with Gasteiger partial charge in [-0.1, -0.05) is 18.1 Å². The molecule has 15 heavy (non-hydrogen) atoms. The van der Waals surface area contributed by atoms with Crippen molar-refractivity contribution in [2.24, 2.45) is 0 Å². The number of terminal acetylenes is 1. The van der Waals surface area contributed by atoms with E-state index >= 15 is 0 Å². The minimum Gasteiger partial charge on any atom is -0.389 e. The topological polar surface area (TPSA) is 55.1 Å². The molecule has 2 rings (SSSR count). The summed E-state index contributed by atoms with van der Waals surface area (Å²) in [5.41, 5.74) is 0.174. The second-order valence-electron chi connectivity index (χ2n) is 2.88. The molecule has 4 heteroatoms. The van der Waals surface area contributed by atoms with Gasteiger partial charge in [-0.15, -0.1) is 6.42 Å². The molecule has 0 aliphatic rings. The van der Waals surface area contributed by atoms with Crippen LogP contribution in [0, 0.1) is 12.3 Å². The second-order valence-corrected chi connectivity index (χ2v) is 2.88. The number of hydrogen-bond acceptors (Lipinski definition) is 4. The smallest absolute Gasteiger partial charge is 0.348 e. The minimum atomic E-state index is -0.417. The van der Waals surface area contributed by atoms with Crippen molar-refractivity contribution in [2.45, 2.75) is 0 Å². The monoisotopic (exact) mass is 200 g/mol. The van der Waals surface area contributed by atoms with Crippen LogP contribution in [0.5, 0.6) is 0 Å². The Morgan fingerprint density at radius 3 is 3.07 bits per heavy atom. The van der Waals surface area contributed by atoms with E-state index in [1.54, 1.807) is 24.3 Å². The lowest BCUT2D eigenvalue weighted by Crippen LogP contribution is -2.07. The van der Waals surface area contributed by atoms with Crippen molar-refractivity contribution in [2.75, 3.05) is 11.9 Å². The molecule has 0 bridgehead atoms. The Hall–Kier alpha value is -2.28. The minimum absolute atomic E-state index is 0.150. The van der Waals surface area contributed by atoms with Crippen LogP contribution < -0.4 is 10.9 Å². The van der Waals surface area contributed by atoms with Crippen LogP contribution in [0.3, 0.4) is 0 Å². The SMILES string of the molecule is C#CCNc1nc2ccccc2c(=O)o1. The van der Waals surface area contributed by atoms with Crippen LogP contribution in [-0.4, -0.2) is 11.5 Å². The molecular weight excluding hydrogens is 192 g/mol. The third-order valence-corrected chi connectivity index (χ3v) is 1.88. The van der Waals surface area contributed by atoms with Gasteiger partial charge in [0.15, 0.2) is 0 Å². The summed E-state index contributed by atoms with van der Waals surface area (Å²) < 4.78 is 4.92. The average Bonchev–Trinajstić information content (AvgIpc) is 2.26. The maximum Gasteiger partial charge on any atom is 0.348 e. The molecule has 0 amide bonds. The fourth-order valence-corrected chi connectivity index (χ4v) is 1.22. The first-order valence-electron chi connectivity index (χ1n) is 4.38. The molecule has 1 heterocycles. The van der Waals surface area contributed by atoms with Crippen LogP contribution in [0.15, 0.2) is 33.5 Å². The fourth-order valence-electron chi connectivity index (χ4n) is 1.22. The van der Waals surface area contributed by atoms with Crippen molar-refractivity contribution in [1.29, 1.82) is 0 Å². The predicted octanol–water partition coefficient (Wildman–Crippen LogP) is 1.23. The molecule has 0 aliphatic carbocycles. The van der Waals surface area contributed by atoms with Gasteiger partial charge in [0.05, 0.1) is 17.4 Å². The quantitative estimate of drug-likeness (QED) is 0.741. The Morgan fingerprint density at radius 1 is 1.47 bits per heavy atom. The summed E-state index contributed by atoms with van der Waals surface area (Å²) in [6, 6.07) is 7.12. The van der Waals surface area contributed by atoms with Crippen molar-refractivity contribution in [1.82, 2.24) is 4.98 Å². The van der Waals surface area contributed by atoms with E-state index < -0.39 is 5.63 Å². The van der Waals surface area contributed by atoms with Gasteiger partial charge < -0.3 is 9.73 Å². The van der Waals surface area contributed by atoms with Crippen LogP contribution >= 0.6 is 0 Å². The van der Waals surface area contributed by atoms with Crippen molar-refractivity contribution in [3.63, 3.8) is 0 Å². The normalized spacial score (nSPS) is 9.80. The highest BCUT2D eigenvalue weighted by Gasteiger charge is 2.03. The standard InChI is InChI=1S/C11H8N2O2/c1-2-7-12-11-13-9-6-4-3-5-8(9)10(14)15-11/h1,3-6H,7H2,(H,12,13). The van der Waals surface area contributed by atoms with E-state index in [4.69, 9.17) is 10.8 Å². The first-order valence-corrected chi connectivity index (χ1v) is 4.38. The number of anilines is 1. The van der Waals surface area contributed by atoms with Crippen molar-refractivity contribution in [3.05, 3.63) is 34.7 Å². The molecule has 4 nitrogen and oxygen atoms in total. The zero-order chi connectivity index (χ0) is 10.7. The molecule has 0 fully saturated rings. The van der Waals surface area contributed by atoms with Gasteiger partial charge in [0, 0.05) is 0 Å². The molecule has 0 atom stereocenters. The van der Waals surface area contributed by atoms with Crippen LogP contribution in [-0.2, 0) is 0 Å². The number of fused-ring (bicyclic) bond motifs is 1. The molecule has 2 aromatic rings. The zero-order valence-electron chi connectivity index (χ0n) is 7.86. The van der Waals surface area contributed by atoms with E-state index in [1.807, 2.05) is 0 Å². The van der Waals surface area contributed by atoms with E-state index in [1.165, 1.54) is 0 Å². The summed E-state index contributed by atoms with van der Waals surface area (Å²) in [6.45, 7) is 0.272. The first kappa shape index (κ1) is 9.28. The van der Waals surface area contributed by atoms with Crippen molar-refractivity contribution < 1.29 is 4.42 Å². The molecule has 0 saturated carbocycles. The van der Waals surface area contributed by atoms with Gasteiger partial charge in [0.1, 0.15) is 0 Å². The molecule has 1 aromatic carbocycles.